The van der Waals surface area contributed by atoms with E-state index in [1.807, 2.05) is 25.3 Å². The molecule has 1 aliphatic carbocycles. The summed E-state index contributed by atoms with van der Waals surface area (Å²) in [4.78, 5) is 27.9. The van der Waals surface area contributed by atoms with Gasteiger partial charge in [-0.25, -0.2) is 19.6 Å². The van der Waals surface area contributed by atoms with E-state index in [-0.39, 0.29) is 25.1 Å². The van der Waals surface area contributed by atoms with E-state index in [0.29, 0.717) is 53.8 Å². The monoisotopic (exact) mass is 518 g/mol. The minimum Gasteiger partial charge on any atom is -0.481 e. The van der Waals surface area contributed by atoms with Crippen LogP contribution >= 0.6 is 0 Å². The summed E-state index contributed by atoms with van der Waals surface area (Å²) in [5.74, 6) is 3.08. The lowest BCUT2D eigenvalue weighted by Crippen LogP contribution is -2.43. The summed E-state index contributed by atoms with van der Waals surface area (Å²) < 4.78 is 29.5. The van der Waals surface area contributed by atoms with Crippen molar-refractivity contribution in [2.75, 3.05) is 25.0 Å². The van der Waals surface area contributed by atoms with Gasteiger partial charge in [-0.1, -0.05) is 13.0 Å². The molecule has 1 saturated carbocycles. The number of hydrogen-bond acceptors (Lipinski definition) is 7. The number of alkyl halides is 2. The van der Waals surface area contributed by atoms with Crippen LogP contribution in [0.25, 0.3) is 5.70 Å². The molecule has 4 rings (SSSR count). The lowest BCUT2D eigenvalue weighted by atomic mass is 10.1. The largest absolute Gasteiger partial charge is 0.481 e. The van der Waals surface area contributed by atoms with E-state index in [1.54, 1.807) is 28.6 Å². The van der Waals surface area contributed by atoms with Crippen molar-refractivity contribution in [3.05, 3.63) is 63.5 Å². The first kappa shape index (κ1) is 28.1. The molecule has 2 aliphatic rings. The van der Waals surface area contributed by atoms with Gasteiger partial charge in [0.15, 0.2) is 0 Å². The van der Waals surface area contributed by atoms with Gasteiger partial charge in [-0.2, -0.15) is 0 Å². The van der Waals surface area contributed by atoms with Gasteiger partial charge in [0.25, 0.3) is 17.5 Å². The predicted molar refractivity (Wildman–Crippen MR) is 139 cm³/mol. The number of allylic oxidation sites excluding steroid dienone is 1. The van der Waals surface area contributed by atoms with E-state index in [2.05, 4.69) is 0 Å². The molecule has 1 aliphatic heterocycles. The Balaban J connectivity index is 0.000000886. The zero-order valence-corrected chi connectivity index (χ0v) is 21.6. The summed E-state index contributed by atoms with van der Waals surface area (Å²) in [6.07, 6.45) is 5.09. The number of aryl methyl sites for hydroxylation is 1. The number of hydrazine groups is 1. The normalized spacial score (nSPS) is 17.4. The minimum atomic E-state index is -2.70. The Morgan fingerprint density at radius 1 is 1.27 bits per heavy atom. The van der Waals surface area contributed by atoms with E-state index in [0.717, 1.165) is 25.3 Å². The molecule has 2 aromatic heterocycles. The number of piperidine rings is 1. The van der Waals surface area contributed by atoms with Gasteiger partial charge in [-0.05, 0) is 49.3 Å². The number of carboxylic acids is 1. The fourth-order valence-electron chi connectivity index (χ4n) is 4.39. The molecule has 0 atom stereocenters. The van der Waals surface area contributed by atoms with Crippen LogP contribution in [-0.2, 0) is 17.8 Å². The van der Waals surface area contributed by atoms with Crippen LogP contribution in [0.3, 0.4) is 0 Å². The average molecular weight is 519 g/mol. The number of aromatic nitrogens is 2. The summed E-state index contributed by atoms with van der Waals surface area (Å²) in [5, 5.41) is 8.82. The Morgan fingerprint density at radius 2 is 1.95 bits per heavy atom. The van der Waals surface area contributed by atoms with Gasteiger partial charge in [-0.15, -0.1) is 0 Å². The van der Waals surface area contributed by atoms with Crippen molar-refractivity contribution in [1.29, 1.82) is 0 Å². The maximum Gasteiger partial charge on any atom is 0.300 e. The molecule has 37 heavy (non-hydrogen) atoms. The molecule has 5 N–H and O–H groups in total. The number of likely N-dealkylation sites (N-methyl/N-ethyl adjacent to an activating group) is 1. The first-order valence-corrected chi connectivity index (χ1v) is 12.4. The number of nitrogens with zero attached hydrogens (tertiary/aromatic N) is 4. The van der Waals surface area contributed by atoms with Crippen molar-refractivity contribution in [2.45, 2.75) is 64.3 Å². The van der Waals surface area contributed by atoms with Gasteiger partial charge >= 0.3 is 0 Å². The van der Waals surface area contributed by atoms with Gasteiger partial charge in [0.1, 0.15) is 0 Å². The van der Waals surface area contributed by atoms with Crippen LogP contribution in [-0.4, -0.2) is 51.7 Å². The van der Waals surface area contributed by atoms with Crippen molar-refractivity contribution in [2.24, 2.45) is 11.6 Å². The highest BCUT2D eigenvalue weighted by atomic mass is 19.3. The molecule has 0 amide bonds. The second kappa shape index (κ2) is 11.7. The van der Waals surface area contributed by atoms with E-state index >= 15 is 0 Å². The molecule has 2 aromatic rings. The summed E-state index contributed by atoms with van der Waals surface area (Å²) in [5.41, 5.74) is 10.3. The molecule has 0 aromatic carbocycles. The summed E-state index contributed by atoms with van der Waals surface area (Å²) in [7, 11) is 1.67. The highest BCUT2D eigenvalue weighted by Gasteiger charge is 2.36. The molecule has 0 radical (unpaired) electrons. The van der Waals surface area contributed by atoms with Gasteiger partial charge < -0.3 is 25.3 Å². The number of hydrogen-bond donors (Lipinski definition) is 3. The molecule has 0 bridgehead atoms. The Hall–Kier alpha value is -3.47. The maximum atomic E-state index is 14.0. The first-order valence-electron chi connectivity index (χ1n) is 12.4. The van der Waals surface area contributed by atoms with Crippen LogP contribution in [0.15, 0.2) is 41.0 Å². The van der Waals surface area contributed by atoms with E-state index < -0.39 is 11.9 Å². The number of pyridine rings is 2. The lowest BCUT2D eigenvalue weighted by molar-refractivity contribution is -0.134. The molecule has 0 spiro atoms. The number of anilines is 1. The second-order valence-electron chi connectivity index (χ2n) is 9.59. The Bertz CT molecular complexity index is 1200. The fraction of sp³-hybridized carbons (Fsp3) is 0.500. The number of aliphatic carboxylic acids is 1. The number of carboxylic acid groups (broad SMARTS) is 1. The van der Waals surface area contributed by atoms with Crippen LogP contribution in [0.5, 0.6) is 0 Å². The van der Waals surface area contributed by atoms with Crippen LogP contribution in [0.4, 0.5) is 14.5 Å². The molecule has 1 saturated heterocycles. The molecule has 9 nitrogen and oxygen atoms in total. The van der Waals surface area contributed by atoms with Crippen molar-refractivity contribution >= 4 is 17.4 Å². The summed E-state index contributed by atoms with van der Waals surface area (Å²) in [6.45, 7) is 3.51. The van der Waals surface area contributed by atoms with Crippen LogP contribution < -0.4 is 22.0 Å². The summed E-state index contributed by atoms with van der Waals surface area (Å²) in [6, 6.07) is 7.01. The standard InChI is InChI=1S/C24H32F2N6O.C2H4O2/c1-3-18-20(31-12-4-11-24(25,26)15-31)9-8-19(29-18)23(27)21(30(2)28)14-32-13-17(16-5-6-16)7-10-22(32)33;1-2(3)4/h7-10,13,16H,3-6,11-12,14-15,27-28H2,1-2H3;1H3,(H,3,4)/b23-21-;. The average Bonchev–Trinajstić information content (AvgIpc) is 3.67. The Morgan fingerprint density at radius 3 is 2.51 bits per heavy atom. The van der Waals surface area contributed by atoms with Crippen molar-refractivity contribution in [3.8, 4) is 0 Å². The van der Waals surface area contributed by atoms with Crippen LogP contribution in [0.1, 0.15) is 62.4 Å². The number of rotatable bonds is 7. The van der Waals surface area contributed by atoms with Gasteiger partial charge in [-0.3, -0.25) is 9.59 Å². The highest BCUT2D eigenvalue weighted by molar-refractivity contribution is 5.65. The molecule has 3 heterocycles. The molecule has 0 unspecified atom stereocenters. The van der Waals surface area contributed by atoms with Crippen molar-refractivity contribution < 1.29 is 18.7 Å². The third-order valence-corrected chi connectivity index (χ3v) is 6.41. The molecule has 2 fully saturated rings. The molecular formula is C26H36F2N6O3. The van der Waals surface area contributed by atoms with Crippen LogP contribution in [0, 0.1) is 0 Å². The Labute approximate surface area is 215 Å². The van der Waals surface area contributed by atoms with Gasteiger partial charge in [0, 0.05) is 39.2 Å². The number of halogens is 2. The lowest BCUT2D eigenvalue weighted by Gasteiger charge is -2.35. The molecular weight excluding hydrogens is 482 g/mol. The summed E-state index contributed by atoms with van der Waals surface area (Å²) >= 11 is 0. The third-order valence-electron chi connectivity index (χ3n) is 6.41. The first-order chi connectivity index (χ1) is 17.4. The van der Waals surface area contributed by atoms with Crippen molar-refractivity contribution in [3.63, 3.8) is 0 Å². The van der Waals surface area contributed by atoms with Gasteiger partial charge in [0.2, 0.25) is 0 Å². The minimum absolute atomic E-state index is 0.0837. The van der Waals surface area contributed by atoms with Gasteiger partial charge in [0.05, 0.1) is 41.6 Å². The predicted octanol–water partition coefficient (Wildman–Crippen LogP) is 3.14. The topological polar surface area (TPSA) is 131 Å². The number of carbonyl (C=O) groups is 1. The van der Waals surface area contributed by atoms with Crippen LogP contribution in [0.2, 0.25) is 0 Å². The fourth-order valence-corrected chi connectivity index (χ4v) is 4.39. The van der Waals surface area contributed by atoms with E-state index in [4.69, 9.17) is 26.5 Å². The SMILES string of the molecule is CC(=O)O.CCc1nc(/C(N)=C(\Cn2cc(C3CC3)ccc2=O)N(C)N)ccc1N1CCCC(F)(F)C1. The second-order valence-corrected chi connectivity index (χ2v) is 9.59. The van der Waals surface area contributed by atoms with E-state index in [1.165, 1.54) is 5.01 Å². The maximum absolute atomic E-state index is 14.0. The molecule has 11 heteroatoms. The smallest absolute Gasteiger partial charge is 0.300 e. The van der Waals surface area contributed by atoms with E-state index in [9.17, 15) is 13.6 Å². The highest BCUT2D eigenvalue weighted by Crippen LogP contribution is 2.39. The third kappa shape index (κ3) is 7.51. The Kier molecular flexibility index (Phi) is 8.90. The quantitative estimate of drug-likeness (QED) is 0.376. The zero-order valence-electron chi connectivity index (χ0n) is 21.6. The van der Waals surface area contributed by atoms with Crippen molar-refractivity contribution in [1.82, 2.24) is 14.6 Å². The number of nitrogens with two attached hydrogens (primary N) is 2. The molecule has 202 valence electrons. The zero-order chi connectivity index (χ0) is 27.3.